The van der Waals surface area contributed by atoms with E-state index < -0.39 is 0 Å². The van der Waals surface area contributed by atoms with Crippen molar-refractivity contribution in [1.82, 2.24) is 30.5 Å². The van der Waals surface area contributed by atoms with Crippen LogP contribution in [0.15, 0.2) is 30.6 Å². The smallest absolute Gasteiger partial charge is 0.242 e. The molecule has 0 spiro atoms. The van der Waals surface area contributed by atoms with Gasteiger partial charge >= 0.3 is 0 Å². The molecule has 0 fully saturated rings. The summed E-state index contributed by atoms with van der Waals surface area (Å²) in [5, 5.41) is 15.0. The van der Waals surface area contributed by atoms with Crippen LogP contribution in [0, 0.1) is 6.92 Å². The Labute approximate surface area is 141 Å². The molecule has 1 N–H and O–H groups in total. The molecule has 0 aliphatic carbocycles. The summed E-state index contributed by atoms with van der Waals surface area (Å²) < 4.78 is 1.37. The van der Waals surface area contributed by atoms with Gasteiger partial charge in [0.2, 0.25) is 5.91 Å². The molecule has 0 atom stereocenters. The molecule has 3 rings (SSSR count). The number of rotatable bonds is 5. The summed E-state index contributed by atoms with van der Waals surface area (Å²) in [7, 11) is 0. The Kier molecular flexibility index (Phi) is 4.63. The number of thiazole rings is 1. The number of nitrogens with zero attached hydrogens (tertiary/aromatic N) is 5. The SMILES string of the molecule is Cc1nc(-c2ccccc2Cl)sc1CNC(=O)Cn1cnnn1. The topological polar surface area (TPSA) is 85.6 Å². The van der Waals surface area contributed by atoms with Crippen LogP contribution in [0.4, 0.5) is 0 Å². The van der Waals surface area contributed by atoms with Crippen molar-refractivity contribution in [2.24, 2.45) is 0 Å². The molecule has 23 heavy (non-hydrogen) atoms. The van der Waals surface area contributed by atoms with Gasteiger partial charge in [-0.05, 0) is 23.4 Å². The highest BCUT2D eigenvalue weighted by Crippen LogP contribution is 2.32. The lowest BCUT2D eigenvalue weighted by molar-refractivity contribution is -0.122. The molecular formula is C14H13ClN6OS. The van der Waals surface area contributed by atoms with Gasteiger partial charge in [-0.25, -0.2) is 9.67 Å². The number of benzene rings is 1. The van der Waals surface area contributed by atoms with E-state index in [2.05, 4.69) is 25.8 Å². The van der Waals surface area contributed by atoms with E-state index >= 15 is 0 Å². The zero-order chi connectivity index (χ0) is 16.2. The number of carbonyl (C=O) groups excluding carboxylic acids is 1. The molecular weight excluding hydrogens is 336 g/mol. The number of aromatic nitrogens is 5. The number of hydrogen-bond donors (Lipinski definition) is 1. The van der Waals surface area contributed by atoms with Gasteiger partial charge in [0, 0.05) is 10.4 Å². The number of aryl methyl sites for hydroxylation is 1. The molecule has 9 heteroatoms. The largest absolute Gasteiger partial charge is 0.350 e. The average molecular weight is 349 g/mol. The minimum Gasteiger partial charge on any atom is -0.350 e. The van der Waals surface area contributed by atoms with E-state index in [-0.39, 0.29) is 12.5 Å². The molecule has 0 radical (unpaired) electrons. The number of halogens is 1. The fraction of sp³-hybridized carbons (Fsp3) is 0.214. The zero-order valence-corrected chi connectivity index (χ0v) is 13.8. The molecule has 0 saturated carbocycles. The van der Waals surface area contributed by atoms with Crippen LogP contribution in [0.3, 0.4) is 0 Å². The highest BCUT2D eigenvalue weighted by molar-refractivity contribution is 7.15. The molecule has 0 aliphatic rings. The summed E-state index contributed by atoms with van der Waals surface area (Å²) in [5.74, 6) is -0.163. The quantitative estimate of drug-likeness (QED) is 0.763. The van der Waals surface area contributed by atoms with Crippen LogP contribution in [-0.4, -0.2) is 31.1 Å². The highest BCUT2D eigenvalue weighted by atomic mass is 35.5. The maximum Gasteiger partial charge on any atom is 0.242 e. The van der Waals surface area contributed by atoms with E-state index in [0.29, 0.717) is 11.6 Å². The molecule has 2 heterocycles. The Bertz CT molecular complexity index is 817. The Hall–Kier alpha value is -2.32. The lowest BCUT2D eigenvalue weighted by Gasteiger charge is -2.03. The third-order valence-corrected chi connectivity index (χ3v) is 4.66. The monoisotopic (exact) mass is 348 g/mol. The number of carbonyl (C=O) groups is 1. The van der Waals surface area contributed by atoms with E-state index in [4.69, 9.17) is 11.6 Å². The van der Waals surface area contributed by atoms with E-state index in [0.717, 1.165) is 21.1 Å². The van der Waals surface area contributed by atoms with Crippen molar-refractivity contribution in [2.45, 2.75) is 20.0 Å². The average Bonchev–Trinajstić information content (AvgIpc) is 3.15. The first-order valence-electron chi connectivity index (χ1n) is 6.82. The lowest BCUT2D eigenvalue weighted by Crippen LogP contribution is -2.27. The predicted molar refractivity (Wildman–Crippen MR) is 87.0 cm³/mol. The van der Waals surface area contributed by atoms with E-state index in [1.165, 1.54) is 22.3 Å². The minimum absolute atomic E-state index is 0.0855. The van der Waals surface area contributed by atoms with Gasteiger partial charge < -0.3 is 5.32 Å². The second-order valence-corrected chi connectivity index (χ2v) is 6.28. The second kappa shape index (κ2) is 6.84. The normalized spacial score (nSPS) is 10.7. The summed E-state index contributed by atoms with van der Waals surface area (Å²) in [4.78, 5) is 17.4. The van der Waals surface area contributed by atoms with Gasteiger partial charge in [0.15, 0.2) is 0 Å². The van der Waals surface area contributed by atoms with E-state index in [1.807, 2.05) is 31.2 Å². The van der Waals surface area contributed by atoms with Crippen LogP contribution in [0.2, 0.25) is 5.02 Å². The highest BCUT2D eigenvalue weighted by Gasteiger charge is 2.13. The van der Waals surface area contributed by atoms with Crippen molar-refractivity contribution in [3.8, 4) is 10.6 Å². The first-order valence-corrected chi connectivity index (χ1v) is 8.01. The van der Waals surface area contributed by atoms with Crippen LogP contribution < -0.4 is 5.32 Å². The van der Waals surface area contributed by atoms with Crippen LogP contribution in [-0.2, 0) is 17.9 Å². The molecule has 0 bridgehead atoms. The first kappa shape index (κ1) is 15.6. The van der Waals surface area contributed by atoms with Gasteiger partial charge in [-0.2, -0.15) is 0 Å². The second-order valence-electron chi connectivity index (χ2n) is 4.79. The predicted octanol–water partition coefficient (Wildman–Crippen LogP) is 2.07. The summed E-state index contributed by atoms with van der Waals surface area (Å²) in [6, 6.07) is 7.57. The zero-order valence-electron chi connectivity index (χ0n) is 12.2. The summed E-state index contributed by atoms with van der Waals surface area (Å²) in [6.45, 7) is 2.41. The molecule has 1 amide bonds. The van der Waals surface area contributed by atoms with Crippen molar-refractivity contribution in [2.75, 3.05) is 0 Å². The van der Waals surface area contributed by atoms with Gasteiger partial charge in [-0.1, -0.05) is 29.8 Å². The molecule has 2 aromatic heterocycles. The van der Waals surface area contributed by atoms with E-state index in [1.54, 1.807) is 0 Å². The molecule has 1 aromatic carbocycles. The minimum atomic E-state index is -0.163. The lowest BCUT2D eigenvalue weighted by atomic mass is 10.2. The summed E-state index contributed by atoms with van der Waals surface area (Å²) >= 11 is 7.72. The van der Waals surface area contributed by atoms with Crippen molar-refractivity contribution >= 4 is 28.8 Å². The van der Waals surface area contributed by atoms with Gasteiger partial charge in [-0.3, -0.25) is 4.79 Å². The van der Waals surface area contributed by atoms with E-state index in [9.17, 15) is 4.79 Å². The van der Waals surface area contributed by atoms with Crippen LogP contribution in [0.1, 0.15) is 10.6 Å². The first-order chi connectivity index (χ1) is 11.1. The Morgan fingerprint density at radius 3 is 2.96 bits per heavy atom. The number of hydrogen-bond acceptors (Lipinski definition) is 6. The van der Waals surface area contributed by atoms with Crippen LogP contribution in [0.5, 0.6) is 0 Å². The number of nitrogens with one attached hydrogen (secondary N) is 1. The molecule has 7 nitrogen and oxygen atoms in total. The van der Waals surface area contributed by atoms with Crippen LogP contribution in [0.25, 0.3) is 10.6 Å². The summed E-state index contributed by atoms with van der Waals surface area (Å²) in [6.07, 6.45) is 1.40. The van der Waals surface area contributed by atoms with Crippen molar-refractivity contribution in [3.05, 3.63) is 46.2 Å². The maximum absolute atomic E-state index is 11.9. The standard InChI is InChI=1S/C14H13ClN6OS/c1-9-12(6-16-13(22)7-21-8-17-19-20-21)23-14(18-9)10-4-2-3-5-11(10)15/h2-5,8H,6-7H2,1H3,(H,16,22). The number of tetrazole rings is 1. The third-order valence-electron chi connectivity index (χ3n) is 3.14. The van der Waals surface area contributed by atoms with Crippen molar-refractivity contribution < 1.29 is 4.79 Å². The Balaban J connectivity index is 1.67. The maximum atomic E-state index is 11.9. The van der Waals surface area contributed by atoms with Crippen molar-refractivity contribution in [1.29, 1.82) is 0 Å². The van der Waals surface area contributed by atoms with Gasteiger partial charge in [0.1, 0.15) is 17.9 Å². The van der Waals surface area contributed by atoms with Crippen LogP contribution >= 0.6 is 22.9 Å². The Morgan fingerprint density at radius 2 is 2.22 bits per heavy atom. The molecule has 0 aliphatic heterocycles. The van der Waals surface area contributed by atoms with Gasteiger partial charge in [-0.15, -0.1) is 16.4 Å². The fourth-order valence-corrected chi connectivity index (χ4v) is 3.30. The third kappa shape index (κ3) is 3.72. The Morgan fingerprint density at radius 1 is 1.39 bits per heavy atom. The van der Waals surface area contributed by atoms with Crippen molar-refractivity contribution in [3.63, 3.8) is 0 Å². The van der Waals surface area contributed by atoms with Gasteiger partial charge in [0.25, 0.3) is 0 Å². The molecule has 0 saturated heterocycles. The summed E-state index contributed by atoms with van der Waals surface area (Å²) in [5.41, 5.74) is 1.78. The molecule has 118 valence electrons. The number of amides is 1. The fourth-order valence-electron chi connectivity index (χ4n) is 1.98. The van der Waals surface area contributed by atoms with Gasteiger partial charge in [0.05, 0.1) is 17.3 Å². The molecule has 3 aromatic rings. The molecule has 0 unspecified atom stereocenters.